The Hall–Kier alpha value is -2.88. The number of rotatable bonds is 2. The molecule has 0 spiro atoms. The monoisotopic (exact) mass is 275 g/mol. The number of hydrogen-bond acceptors (Lipinski definition) is 3. The number of nitrogens with one attached hydrogen (secondary N) is 1. The minimum atomic E-state index is 0.850. The summed E-state index contributed by atoms with van der Waals surface area (Å²) in [6.45, 7) is 0. The van der Waals surface area contributed by atoms with Crippen LogP contribution in [-0.4, -0.2) is 22.1 Å². The number of fused-ring (bicyclic) bond motifs is 3. The van der Waals surface area contributed by atoms with Crippen LogP contribution in [0.5, 0.6) is 5.75 Å². The molecule has 102 valence electrons. The van der Waals surface area contributed by atoms with E-state index >= 15 is 0 Å². The van der Waals surface area contributed by atoms with Crippen molar-refractivity contribution in [3.8, 4) is 17.0 Å². The molecule has 4 heteroatoms. The topological polar surface area (TPSA) is 50.8 Å². The summed E-state index contributed by atoms with van der Waals surface area (Å²) in [6, 6.07) is 12.0. The molecule has 4 rings (SSSR count). The van der Waals surface area contributed by atoms with Crippen LogP contribution in [-0.2, 0) is 0 Å². The number of H-pyrrole nitrogens is 1. The van der Waals surface area contributed by atoms with E-state index in [1.165, 1.54) is 0 Å². The largest absolute Gasteiger partial charge is 0.497 e. The third kappa shape index (κ3) is 1.92. The lowest BCUT2D eigenvalue weighted by Crippen LogP contribution is -1.84. The van der Waals surface area contributed by atoms with Gasteiger partial charge in [-0.3, -0.25) is 9.97 Å². The fraction of sp³-hybridized carbons (Fsp3) is 0.0588. The molecule has 3 heterocycles. The molecule has 3 aromatic heterocycles. The minimum Gasteiger partial charge on any atom is -0.497 e. The third-order valence-electron chi connectivity index (χ3n) is 3.65. The van der Waals surface area contributed by atoms with Gasteiger partial charge in [-0.1, -0.05) is 0 Å². The molecule has 0 amide bonds. The Morgan fingerprint density at radius 2 is 1.90 bits per heavy atom. The molecule has 1 aromatic carbocycles. The van der Waals surface area contributed by atoms with Crippen LogP contribution in [0.15, 0.2) is 55.0 Å². The van der Waals surface area contributed by atoms with Gasteiger partial charge in [-0.25, -0.2) is 0 Å². The van der Waals surface area contributed by atoms with Gasteiger partial charge in [-0.05, 0) is 36.4 Å². The van der Waals surface area contributed by atoms with Crippen molar-refractivity contribution in [3.63, 3.8) is 0 Å². The molecule has 4 aromatic rings. The van der Waals surface area contributed by atoms with Crippen molar-refractivity contribution in [2.75, 3.05) is 7.11 Å². The predicted octanol–water partition coefficient (Wildman–Crippen LogP) is 3.79. The number of benzene rings is 1. The van der Waals surface area contributed by atoms with E-state index in [4.69, 9.17) is 4.74 Å². The maximum Gasteiger partial charge on any atom is 0.119 e. The first kappa shape index (κ1) is 11.9. The number of aromatic nitrogens is 3. The molecule has 4 nitrogen and oxygen atoms in total. The summed E-state index contributed by atoms with van der Waals surface area (Å²) in [6.07, 6.45) is 5.45. The van der Waals surface area contributed by atoms with Gasteiger partial charge in [0.2, 0.25) is 0 Å². The van der Waals surface area contributed by atoms with Crippen LogP contribution in [0.2, 0.25) is 0 Å². The van der Waals surface area contributed by atoms with Crippen molar-refractivity contribution in [2.45, 2.75) is 0 Å². The van der Waals surface area contributed by atoms with Crippen LogP contribution in [0.3, 0.4) is 0 Å². The van der Waals surface area contributed by atoms with Crippen molar-refractivity contribution in [1.82, 2.24) is 15.0 Å². The first-order valence-corrected chi connectivity index (χ1v) is 6.71. The molecule has 0 unspecified atom stereocenters. The summed E-state index contributed by atoms with van der Waals surface area (Å²) in [7, 11) is 1.68. The summed E-state index contributed by atoms with van der Waals surface area (Å²) in [4.78, 5) is 12.0. The normalized spacial score (nSPS) is 11.1. The zero-order valence-electron chi connectivity index (χ0n) is 11.5. The highest BCUT2D eigenvalue weighted by Crippen LogP contribution is 2.30. The van der Waals surface area contributed by atoms with Gasteiger partial charge in [-0.2, -0.15) is 0 Å². The fourth-order valence-corrected chi connectivity index (χ4v) is 2.58. The van der Waals surface area contributed by atoms with Crippen LogP contribution in [0.4, 0.5) is 0 Å². The van der Waals surface area contributed by atoms with Gasteiger partial charge in [0.1, 0.15) is 5.75 Å². The Bertz CT molecular complexity index is 929. The van der Waals surface area contributed by atoms with Gasteiger partial charge >= 0.3 is 0 Å². The number of methoxy groups -OCH3 is 1. The van der Waals surface area contributed by atoms with E-state index in [-0.39, 0.29) is 0 Å². The Kier molecular flexibility index (Phi) is 2.60. The number of nitrogens with zero attached hydrogens (tertiary/aromatic N) is 2. The summed E-state index contributed by atoms with van der Waals surface area (Å²) in [5.41, 5.74) is 4.03. The van der Waals surface area contributed by atoms with Gasteiger partial charge in [-0.15, -0.1) is 0 Å². The molecule has 0 aliphatic heterocycles. The van der Waals surface area contributed by atoms with E-state index < -0.39 is 0 Å². The van der Waals surface area contributed by atoms with E-state index in [0.29, 0.717) is 0 Å². The van der Waals surface area contributed by atoms with Gasteiger partial charge in [0.25, 0.3) is 0 Å². The van der Waals surface area contributed by atoms with Crippen LogP contribution in [0.1, 0.15) is 0 Å². The number of pyridine rings is 2. The molecule has 0 atom stereocenters. The zero-order chi connectivity index (χ0) is 14.2. The second kappa shape index (κ2) is 4.59. The van der Waals surface area contributed by atoms with Crippen LogP contribution >= 0.6 is 0 Å². The van der Waals surface area contributed by atoms with E-state index in [9.17, 15) is 0 Å². The molecular weight excluding hydrogens is 262 g/mol. The zero-order valence-corrected chi connectivity index (χ0v) is 11.5. The van der Waals surface area contributed by atoms with Crippen molar-refractivity contribution < 1.29 is 4.74 Å². The molecule has 0 fully saturated rings. The quantitative estimate of drug-likeness (QED) is 0.605. The summed E-state index contributed by atoms with van der Waals surface area (Å²) in [5.74, 6) is 0.850. The van der Waals surface area contributed by atoms with Gasteiger partial charge in [0.05, 0.1) is 24.5 Å². The van der Waals surface area contributed by atoms with Crippen molar-refractivity contribution >= 4 is 21.8 Å². The molecule has 0 aliphatic carbocycles. The van der Waals surface area contributed by atoms with Crippen molar-refractivity contribution in [1.29, 1.82) is 0 Å². The lowest BCUT2D eigenvalue weighted by molar-refractivity contribution is 0.415. The highest BCUT2D eigenvalue weighted by atomic mass is 16.5. The molecule has 0 bridgehead atoms. The second-order valence-electron chi connectivity index (χ2n) is 4.89. The first-order chi connectivity index (χ1) is 10.3. The van der Waals surface area contributed by atoms with Crippen LogP contribution in [0, 0.1) is 0 Å². The lowest BCUT2D eigenvalue weighted by Gasteiger charge is -2.01. The predicted molar refractivity (Wildman–Crippen MR) is 83.4 cm³/mol. The SMILES string of the molecule is COc1ccc2[nH]c3cnc(-c4cccnc4)cc3c2c1. The average molecular weight is 275 g/mol. The standard InChI is InChI=1S/C17H13N3O/c1-21-12-4-5-15-13(7-12)14-8-16(19-10-17(14)20-15)11-3-2-6-18-9-11/h2-10,20H,1H3. The Balaban J connectivity index is 1.99. The van der Waals surface area contributed by atoms with Crippen molar-refractivity contribution in [3.05, 3.63) is 55.0 Å². The molecule has 1 N–H and O–H groups in total. The maximum atomic E-state index is 5.32. The molecule has 0 saturated carbocycles. The van der Waals surface area contributed by atoms with E-state index in [1.807, 2.05) is 42.7 Å². The van der Waals surface area contributed by atoms with E-state index in [2.05, 4.69) is 21.0 Å². The molecular formula is C17H13N3O. The highest BCUT2D eigenvalue weighted by molar-refractivity contribution is 6.08. The highest BCUT2D eigenvalue weighted by Gasteiger charge is 2.08. The van der Waals surface area contributed by atoms with Gasteiger partial charge in [0.15, 0.2) is 0 Å². The van der Waals surface area contributed by atoms with E-state index in [0.717, 1.165) is 38.8 Å². The third-order valence-corrected chi connectivity index (χ3v) is 3.65. The Labute approximate surface area is 121 Å². The summed E-state index contributed by atoms with van der Waals surface area (Å²) < 4.78 is 5.32. The smallest absolute Gasteiger partial charge is 0.119 e. The number of hydrogen-bond donors (Lipinski definition) is 1. The second-order valence-corrected chi connectivity index (χ2v) is 4.89. The van der Waals surface area contributed by atoms with Gasteiger partial charge in [0, 0.05) is 34.2 Å². The van der Waals surface area contributed by atoms with Crippen LogP contribution in [0.25, 0.3) is 33.1 Å². The molecule has 21 heavy (non-hydrogen) atoms. The lowest BCUT2D eigenvalue weighted by atomic mass is 10.1. The first-order valence-electron chi connectivity index (χ1n) is 6.71. The van der Waals surface area contributed by atoms with Crippen LogP contribution < -0.4 is 4.74 Å². The molecule has 0 saturated heterocycles. The minimum absolute atomic E-state index is 0.850. The van der Waals surface area contributed by atoms with E-state index in [1.54, 1.807) is 13.3 Å². The Morgan fingerprint density at radius 3 is 2.71 bits per heavy atom. The Morgan fingerprint density at radius 1 is 1.00 bits per heavy atom. The van der Waals surface area contributed by atoms with Crippen molar-refractivity contribution in [2.24, 2.45) is 0 Å². The molecule has 0 radical (unpaired) electrons. The summed E-state index contributed by atoms with van der Waals surface area (Å²) >= 11 is 0. The van der Waals surface area contributed by atoms with Gasteiger partial charge < -0.3 is 9.72 Å². The summed E-state index contributed by atoms with van der Waals surface area (Å²) in [5, 5.41) is 2.27. The number of aromatic amines is 1. The number of ether oxygens (including phenoxy) is 1. The average Bonchev–Trinajstić information content (AvgIpc) is 2.92. The fourth-order valence-electron chi connectivity index (χ4n) is 2.58. The molecule has 0 aliphatic rings. The maximum absolute atomic E-state index is 5.32.